The fourth-order valence-electron chi connectivity index (χ4n) is 4.34. The SMILES string of the molecule is O=C(NC[C@H](O)CN1CCc2ccccc2C1)c1cn2cc(N3CC(F)(F)C3)ccc2n1. The Hall–Kier alpha value is -3.04. The Morgan fingerprint density at radius 1 is 1.16 bits per heavy atom. The average molecular weight is 441 g/mol. The summed E-state index contributed by atoms with van der Waals surface area (Å²) in [5.41, 5.74) is 4.06. The third kappa shape index (κ3) is 4.31. The van der Waals surface area contributed by atoms with Gasteiger partial charge in [0.1, 0.15) is 11.3 Å². The Bertz CT molecular complexity index is 1140. The van der Waals surface area contributed by atoms with Gasteiger partial charge in [-0.15, -0.1) is 0 Å². The molecule has 2 N–H and O–H groups in total. The van der Waals surface area contributed by atoms with Crippen molar-refractivity contribution >= 4 is 17.2 Å². The van der Waals surface area contributed by atoms with Crippen molar-refractivity contribution in [3.63, 3.8) is 0 Å². The highest BCUT2D eigenvalue weighted by Crippen LogP contribution is 2.31. The number of aliphatic hydroxyl groups excluding tert-OH is 1. The van der Waals surface area contributed by atoms with Crippen LogP contribution in [-0.2, 0) is 13.0 Å². The summed E-state index contributed by atoms with van der Waals surface area (Å²) in [4.78, 5) is 20.6. The van der Waals surface area contributed by atoms with Gasteiger partial charge in [-0.1, -0.05) is 24.3 Å². The number of hydrogen-bond donors (Lipinski definition) is 2. The smallest absolute Gasteiger partial charge is 0.282 e. The number of rotatable bonds is 6. The van der Waals surface area contributed by atoms with Gasteiger partial charge >= 0.3 is 0 Å². The van der Waals surface area contributed by atoms with Gasteiger partial charge in [0.2, 0.25) is 0 Å². The number of carbonyl (C=O) groups excluding carboxylic acids is 1. The molecule has 32 heavy (non-hydrogen) atoms. The lowest BCUT2D eigenvalue weighted by atomic mass is 10.00. The van der Waals surface area contributed by atoms with E-state index >= 15 is 0 Å². The lowest BCUT2D eigenvalue weighted by molar-refractivity contribution is -0.0262. The lowest BCUT2D eigenvalue weighted by Crippen LogP contribution is -2.56. The number of nitrogens with one attached hydrogen (secondary N) is 1. The largest absolute Gasteiger partial charge is 0.390 e. The second-order valence-corrected chi connectivity index (χ2v) is 8.61. The minimum atomic E-state index is -2.65. The number of halogens is 2. The van der Waals surface area contributed by atoms with E-state index in [1.54, 1.807) is 33.8 Å². The standard InChI is InChI=1S/C23H25F2N5O2/c24-23(25)14-30(15-23)18-5-6-21-27-20(13-29(21)11-18)22(32)26-9-19(31)12-28-8-7-16-3-1-2-4-17(16)10-28/h1-6,11,13,19,31H,7-10,12,14-15H2,(H,26,32)/t19-/m0/s1. The molecule has 1 saturated heterocycles. The lowest BCUT2D eigenvalue weighted by Gasteiger charge is -2.40. The monoisotopic (exact) mass is 441 g/mol. The summed E-state index contributed by atoms with van der Waals surface area (Å²) in [7, 11) is 0. The number of nitrogens with zero attached hydrogens (tertiary/aromatic N) is 4. The van der Waals surface area contributed by atoms with E-state index < -0.39 is 12.0 Å². The van der Waals surface area contributed by atoms with E-state index in [1.807, 2.05) is 12.1 Å². The van der Waals surface area contributed by atoms with Crippen molar-refractivity contribution in [1.29, 1.82) is 0 Å². The maximum Gasteiger partial charge on any atom is 0.282 e. The van der Waals surface area contributed by atoms with Gasteiger partial charge in [0.05, 0.1) is 24.9 Å². The number of anilines is 1. The van der Waals surface area contributed by atoms with Crippen LogP contribution in [0, 0.1) is 0 Å². The molecule has 1 amide bonds. The summed E-state index contributed by atoms with van der Waals surface area (Å²) < 4.78 is 27.9. The Morgan fingerprint density at radius 3 is 2.72 bits per heavy atom. The molecule has 7 nitrogen and oxygen atoms in total. The second-order valence-electron chi connectivity index (χ2n) is 8.61. The highest BCUT2D eigenvalue weighted by atomic mass is 19.3. The molecule has 0 radical (unpaired) electrons. The summed E-state index contributed by atoms with van der Waals surface area (Å²) in [5.74, 6) is -3.03. The molecule has 0 aliphatic carbocycles. The van der Waals surface area contributed by atoms with Gasteiger partial charge in [0.25, 0.3) is 11.8 Å². The van der Waals surface area contributed by atoms with Crippen LogP contribution < -0.4 is 10.2 Å². The average Bonchev–Trinajstić information content (AvgIpc) is 3.19. The summed E-state index contributed by atoms with van der Waals surface area (Å²) in [6, 6.07) is 11.7. The van der Waals surface area contributed by atoms with E-state index in [2.05, 4.69) is 27.3 Å². The first-order valence-electron chi connectivity index (χ1n) is 10.7. The Labute approximate surface area is 184 Å². The number of amides is 1. The fourth-order valence-corrected chi connectivity index (χ4v) is 4.34. The minimum Gasteiger partial charge on any atom is -0.390 e. The Morgan fingerprint density at radius 2 is 1.94 bits per heavy atom. The van der Waals surface area contributed by atoms with Gasteiger partial charge in [0, 0.05) is 38.6 Å². The molecule has 0 bridgehead atoms. The van der Waals surface area contributed by atoms with Crippen LogP contribution in [0.3, 0.4) is 0 Å². The van der Waals surface area contributed by atoms with E-state index in [0.717, 1.165) is 19.5 Å². The van der Waals surface area contributed by atoms with Crippen LogP contribution in [0.15, 0.2) is 48.8 Å². The minimum absolute atomic E-state index is 0.124. The number of imidazole rings is 1. The van der Waals surface area contributed by atoms with Crippen molar-refractivity contribution in [2.24, 2.45) is 0 Å². The molecule has 1 aromatic carbocycles. The molecule has 5 rings (SSSR count). The fraction of sp³-hybridized carbons (Fsp3) is 0.391. The predicted molar refractivity (Wildman–Crippen MR) is 116 cm³/mol. The quantitative estimate of drug-likeness (QED) is 0.612. The molecule has 4 heterocycles. The van der Waals surface area contributed by atoms with Crippen LogP contribution in [-0.4, -0.2) is 70.0 Å². The Kier molecular flexibility index (Phi) is 5.30. The summed E-state index contributed by atoms with van der Waals surface area (Å²) in [6.45, 7) is 1.66. The number of aliphatic hydroxyl groups is 1. The van der Waals surface area contributed by atoms with Crippen LogP contribution in [0.4, 0.5) is 14.5 Å². The molecule has 2 aliphatic heterocycles. The van der Waals surface area contributed by atoms with Crippen molar-refractivity contribution in [3.05, 3.63) is 65.6 Å². The van der Waals surface area contributed by atoms with E-state index in [4.69, 9.17) is 0 Å². The van der Waals surface area contributed by atoms with E-state index in [-0.39, 0.29) is 31.2 Å². The predicted octanol–water partition coefficient (Wildman–Crippen LogP) is 1.94. The number of aromatic nitrogens is 2. The molecule has 3 aromatic rings. The van der Waals surface area contributed by atoms with Crippen molar-refractivity contribution < 1.29 is 18.7 Å². The topological polar surface area (TPSA) is 73.1 Å². The normalized spacial score (nSPS) is 18.8. The van der Waals surface area contributed by atoms with Crippen LogP contribution in [0.1, 0.15) is 21.6 Å². The van der Waals surface area contributed by atoms with Crippen molar-refractivity contribution in [2.45, 2.75) is 25.0 Å². The van der Waals surface area contributed by atoms with Gasteiger partial charge in [0.15, 0.2) is 0 Å². The van der Waals surface area contributed by atoms with Crippen LogP contribution in [0.5, 0.6) is 0 Å². The molecule has 2 aromatic heterocycles. The molecule has 2 aliphatic rings. The molecular weight excluding hydrogens is 416 g/mol. The number of alkyl halides is 2. The highest BCUT2D eigenvalue weighted by Gasteiger charge is 2.44. The van der Waals surface area contributed by atoms with Crippen molar-refractivity contribution in [2.75, 3.05) is 37.6 Å². The molecule has 1 atom stereocenters. The van der Waals surface area contributed by atoms with E-state index in [1.165, 1.54) is 11.1 Å². The summed E-state index contributed by atoms with van der Waals surface area (Å²) in [5, 5.41) is 13.1. The molecule has 1 fully saturated rings. The first-order chi connectivity index (χ1) is 15.4. The van der Waals surface area contributed by atoms with Crippen LogP contribution >= 0.6 is 0 Å². The number of benzene rings is 1. The third-order valence-electron chi connectivity index (χ3n) is 6.05. The highest BCUT2D eigenvalue weighted by molar-refractivity contribution is 5.92. The van der Waals surface area contributed by atoms with Gasteiger partial charge < -0.3 is 19.7 Å². The zero-order valence-electron chi connectivity index (χ0n) is 17.5. The number of carbonyl (C=O) groups is 1. The molecule has 168 valence electrons. The van der Waals surface area contributed by atoms with E-state index in [9.17, 15) is 18.7 Å². The number of β-amino-alcohol motifs (C(OH)–C–C–N with tert-alkyl or cyclic N) is 1. The zero-order valence-corrected chi connectivity index (χ0v) is 17.5. The van der Waals surface area contributed by atoms with Crippen molar-refractivity contribution in [1.82, 2.24) is 19.6 Å². The van der Waals surface area contributed by atoms with Gasteiger partial charge in [-0.2, -0.15) is 0 Å². The van der Waals surface area contributed by atoms with Crippen molar-refractivity contribution in [3.8, 4) is 0 Å². The van der Waals surface area contributed by atoms with E-state index in [0.29, 0.717) is 17.9 Å². The zero-order chi connectivity index (χ0) is 22.3. The van der Waals surface area contributed by atoms with Gasteiger partial charge in [-0.3, -0.25) is 9.69 Å². The van der Waals surface area contributed by atoms with Crippen LogP contribution in [0.25, 0.3) is 5.65 Å². The molecule has 0 unspecified atom stereocenters. The second kappa shape index (κ2) is 8.14. The third-order valence-corrected chi connectivity index (χ3v) is 6.05. The molecular formula is C23H25F2N5O2. The number of fused-ring (bicyclic) bond motifs is 2. The summed E-state index contributed by atoms with van der Waals surface area (Å²) >= 11 is 0. The van der Waals surface area contributed by atoms with Gasteiger partial charge in [-0.05, 0) is 29.7 Å². The maximum atomic E-state index is 13.1. The maximum absolute atomic E-state index is 13.1. The van der Waals surface area contributed by atoms with Gasteiger partial charge in [-0.25, -0.2) is 13.8 Å². The first kappa shape index (κ1) is 20.8. The first-order valence-corrected chi connectivity index (χ1v) is 10.7. The molecule has 0 saturated carbocycles. The Balaban J connectivity index is 1.15. The molecule has 0 spiro atoms. The van der Waals surface area contributed by atoms with Crippen LogP contribution in [0.2, 0.25) is 0 Å². The number of hydrogen-bond acceptors (Lipinski definition) is 5. The number of pyridine rings is 1. The molecule has 9 heteroatoms. The summed E-state index contributed by atoms with van der Waals surface area (Å²) in [6.07, 6.45) is 3.52.